The van der Waals surface area contributed by atoms with Crippen molar-refractivity contribution in [2.75, 3.05) is 35.8 Å². The zero-order valence-electron chi connectivity index (χ0n) is 11.4. The molecule has 9 heteroatoms. The van der Waals surface area contributed by atoms with E-state index in [2.05, 4.69) is 10.6 Å². The summed E-state index contributed by atoms with van der Waals surface area (Å²) in [5.41, 5.74) is 0.576. The quantitative estimate of drug-likeness (QED) is 0.462. The number of nitro benzene ring substituents is 1. The first-order valence-corrected chi connectivity index (χ1v) is 7.99. The first-order valence-electron chi connectivity index (χ1n) is 6.26. The van der Waals surface area contributed by atoms with Crippen LogP contribution in [0.1, 0.15) is 6.42 Å². The van der Waals surface area contributed by atoms with Crippen LogP contribution in [0.15, 0.2) is 12.1 Å². The van der Waals surface area contributed by atoms with E-state index in [-0.39, 0.29) is 24.0 Å². The van der Waals surface area contributed by atoms with E-state index in [4.69, 9.17) is 4.74 Å². The lowest BCUT2D eigenvalue weighted by Gasteiger charge is -2.19. The van der Waals surface area contributed by atoms with Gasteiger partial charge < -0.3 is 15.4 Å². The summed E-state index contributed by atoms with van der Waals surface area (Å²) < 4.78 is 16.1. The Morgan fingerprint density at radius 2 is 2.29 bits per heavy atom. The minimum absolute atomic E-state index is 0.123. The molecule has 0 aliphatic carbocycles. The van der Waals surface area contributed by atoms with Crippen LogP contribution in [-0.2, 0) is 15.6 Å². The van der Waals surface area contributed by atoms with Crippen LogP contribution < -0.4 is 15.4 Å². The van der Waals surface area contributed by atoms with Gasteiger partial charge in [0, 0.05) is 29.4 Å². The minimum atomic E-state index is -0.895. The summed E-state index contributed by atoms with van der Waals surface area (Å²) in [4.78, 5) is 21.8. The molecule has 0 radical (unpaired) electrons. The molecule has 1 heterocycles. The van der Waals surface area contributed by atoms with Crippen molar-refractivity contribution in [3.63, 3.8) is 0 Å². The van der Waals surface area contributed by atoms with Gasteiger partial charge in [0.1, 0.15) is 5.69 Å². The summed E-state index contributed by atoms with van der Waals surface area (Å²) in [5.74, 6) is 0.496. The van der Waals surface area contributed by atoms with Crippen molar-refractivity contribution >= 4 is 33.8 Å². The molecule has 0 aromatic heterocycles. The molecule has 1 aromatic carbocycles. The predicted octanol–water partition coefficient (Wildman–Crippen LogP) is 1.11. The number of carbonyl (C=O) groups is 1. The fourth-order valence-electron chi connectivity index (χ4n) is 1.91. The highest BCUT2D eigenvalue weighted by Crippen LogP contribution is 2.37. The van der Waals surface area contributed by atoms with Crippen LogP contribution in [0, 0.1) is 10.1 Å². The van der Waals surface area contributed by atoms with Crippen LogP contribution in [0.25, 0.3) is 0 Å². The summed E-state index contributed by atoms with van der Waals surface area (Å²) in [7, 11) is -0.895. The van der Waals surface area contributed by atoms with E-state index < -0.39 is 15.7 Å². The van der Waals surface area contributed by atoms with Crippen LogP contribution >= 0.6 is 0 Å². The minimum Gasteiger partial charge on any atom is -0.481 e. The lowest BCUT2D eigenvalue weighted by atomic mass is 10.2. The highest BCUT2D eigenvalue weighted by atomic mass is 32.2. The van der Waals surface area contributed by atoms with Crippen LogP contribution in [0.5, 0.6) is 5.75 Å². The zero-order valence-corrected chi connectivity index (χ0v) is 12.2. The van der Waals surface area contributed by atoms with E-state index in [0.29, 0.717) is 30.1 Å². The van der Waals surface area contributed by atoms with Crippen molar-refractivity contribution in [1.29, 1.82) is 0 Å². The second-order valence-corrected chi connectivity index (χ2v) is 6.07. The largest absolute Gasteiger partial charge is 0.481 e. The van der Waals surface area contributed by atoms with E-state index in [1.807, 2.05) is 0 Å². The molecule has 1 unspecified atom stereocenters. The third-order valence-corrected chi connectivity index (χ3v) is 3.72. The smallest absolute Gasteiger partial charge is 0.296 e. The maximum absolute atomic E-state index is 11.3. The van der Waals surface area contributed by atoms with Crippen molar-refractivity contribution in [3.8, 4) is 5.75 Å². The predicted molar refractivity (Wildman–Crippen MR) is 79.3 cm³/mol. The van der Waals surface area contributed by atoms with Crippen molar-refractivity contribution in [2.24, 2.45) is 0 Å². The van der Waals surface area contributed by atoms with Crippen LogP contribution in [-0.4, -0.2) is 40.2 Å². The number of nitro groups is 1. The molecule has 0 fully saturated rings. The topological polar surface area (TPSA) is 111 Å². The Labute approximate surface area is 123 Å². The van der Waals surface area contributed by atoms with Gasteiger partial charge in [0.25, 0.3) is 11.6 Å². The third kappa shape index (κ3) is 3.91. The van der Waals surface area contributed by atoms with Crippen molar-refractivity contribution in [2.45, 2.75) is 6.42 Å². The fraction of sp³-hybridized carbons (Fsp3) is 0.417. The highest BCUT2D eigenvalue weighted by molar-refractivity contribution is 7.84. The molecule has 0 bridgehead atoms. The number of anilines is 2. The van der Waals surface area contributed by atoms with Crippen molar-refractivity contribution in [1.82, 2.24) is 0 Å². The Hall–Kier alpha value is -2.16. The van der Waals surface area contributed by atoms with E-state index in [1.54, 1.807) is 6.26 Å². The number of rotatable bonds is 6. The maximum Gasteiger partial charge on any atom is 0.296 e. The lowest BCUT2D eigenvalue weighted by Crippen LogP contribution is -2.25. The van der Waals surface area contributed by atoms with Gasteiger partial charge in [-0.1, -0.05) is 0 Å². The normalized spacial score (nSPS) is 14.6. The van der Waals surface area contributed by atoms with Gasteiger partial charge in [-0.2, -0.15) is 0 Å². The van der Waals surface area contributed by atoms with Gasteiger partial charge in [0.2, 0.25) is 0 Å². The molecule has 114 valence electrons. The van der Waals surface area contributed by atoms with Gasteiger partial charge in [-0.15, -0.1) is 0 Å². The zero-order chi connectivity index (χ0) is 15.4. The summed E-state index contributed by atoms with van der Waals surface area (Å²) in [6.07, 6.45) is 2.23. The number of carbonyl (C=O) groups excluding carboxylic acids is 1. The average Bonchev–Trinajstić information content (AvgIpc) is 2.42. The number of benzene rings is 1. The second kappa shape index (κ2) is 6.53. The standard InChI is InChI=1S/C12H15N3O5S/c1-21(19)4-2-3-13-8-5-9-11(6-10(8)15(17)18)20-7-12(16)14-9/h5-6,13H,2-4,7H2,1H3,(H,14,16). The summed E-state index contributed by atoms with van der Waals surface area (Å²) >= 11 is 0. The van der Waals surface area contributed by atoms with Gasteiger partial charge in [-0.3, -0.25) is 19.1 Å². The Morgan fingerprint density at radius 3 is 2.95 bits per heavy atom. The number of nitrogens with one attached hydrogen (secondary N) is 2. The number of ether oxygens (including phenoxy) is 1. The van der Waals surface area contributed by atoms with Gasteiger partial charge in [0.05, 0.1) is 16.7 Å². The molecule has 2 N–H and O–H groups in total. The molecule has 0 spiro atoms. The van der Waals surface area contributed by atoms with Crippen molar-refractivity contribution in [3.05, 3.63) is 22.2 Å². The van der Waals surface area contributed by atoms with Gasteiger partial charge in [0.15, 0.2) is 12.4 Å². The number of hydrogen-bond donors (Lipinski definition) is 2. The maximum atomic E-state index is 11.3. The Morgan fingerprint density at radius 1 is 1.52 bits per heavy atom. The molecule has 1 aliphatic rings. The van der Waals surface area contributed by atoms with Crippen molar-refractivity contribution < 1.29 is 18.7 Å². The summed E-state index contributed by atoms with van der Waals surface area (Å²) in [5, 5.41) is 16.6. The number of fused-ring (bicyclic) bond motifs is 1. The summed E-state index contributed by atoms with van der Waals surface area (Å²) in [6.45, 7) is 0.299. The molecule has 2 rings (SSSR count). The lowest BCUT2D eigenvalue weighted by molar-refractivity contribution is -0.384. The van der Waals surface area contributed by atoms with Crippen LogP contribution in [0.4, 0.5) is 17.1 Å². The first kappa shape index (κ1) is 15.2. The van der Waals surface area contributed by atoms with E-state index in [1.165, 1.54) is 12.1 Å². The fourth-order valence-corrected chi connectivity index (χ4v) is 2.46. The molecule has 0 saturated heterocycles. The van der Waals surface area contributed by atoms with Gasteiger partial charge in [-0.05, 0) is 12.5 Å². The Balaban J connectivity index is 2.17. The molecule has 0 saturated carbocycles. The average molecular weight is 313 g/mol. The van der Waals surface area contributed by atoms with E-state index >= 15 is 0 Å². The molecular formula is C12H15N3O5S. The molecular weight excluding hydrogens is 298 g/mol. The molecule has 1 atom stereocenters. The Kier molecular flexibility index (Phi) is 4.73. The molecule has 1 aliphatic heterocycles. The van der Waals surface area contributed by atoms with E-state index in [0.717, 1.165) is 0 Å². The second-order valence-electron chi connectivity index (χ2n) is 4.52. The third-order valence-electron chi connectivity index (χ3n) is 2.85. The number of nitrogens with zero attached hydrogens (tertiary/aromatic N) is 1. The Bertz CT molecular complexity index is 605. The highest BCUT2D eigenvalue weighted by Gasteiger charge is 2.23. The monoisotopic (exact) mass is 313 g/mol. The van der Waals surface area contributed by atoms with Gasteiger partial charge >= 0.3 is 0 Å². The molecule has 21 heavy (non-hydrogen) atoms. The molecule has 1 aromatic rings. The molecule has 8 nitrogen and oxygen atoms in total. The van der Waals surface area contributed by atoms with Crippen LogP contribution in [0.2, 0.25) is 0 Å². The van der Waals surface area contributed by atoms with E-state index in [9.17, 15) is 19.1 Å². The first-order chi connectivity index (χ1) is 9.97. The SMILES string of the molecule is CS(=O)CCCNc1cc2c(cc1[N+](=O)[O-])OCC(=O)N2. The van der Waals surface area contributed by atoms with Gasteiger partial charge in [-0.25, -0.2) is 0 Å². The molecule has 1 amide bonds. The number of amides is 1. The van der Waals surface area contributed by atoms with Crippen LogP contribution in [0.3, 0.4) is 0 Å². The summed E-state index contributed by atoms with van der Waals surface area (Å²) in [6, 6.07) is 2.77. The number of hydrogen-bond acceptors (Lipinski definition) is 6.